The number of esters is 5. The van der Waals surface area contributed by atoms with Crippen LogP contribution < -0.4 is 0 Å². The molecule has 1 heterocycles. The molecule has 12 heteroatoms. The number of ether oxygens (including phenoxy) is 6. The molecule has 0 radical (unpaired) electrons. The molecule has 0 aromatic heterocycles. The van der Waals surface area contributed by atoms with Crippen molar-refractivity contribution in [1.29, 1.82) is 0 Å². The van der Waals surface area contributed by atoms with Crippen LogP contribution in [0.2, 0.25) is 0 Å². The molecule has 0 unspecified atom stereocenters. The van der Waals surface area contributed by atoms with Gasteiger partial charge in [0.1, 0.15) is 42.0 Å². The molecule has 1 N–H and O–H groups in total. The number of carbonyl (C=O) groups excluding carboxylic acids is 5. The summed E-state index contributed by atoms with van der Waals surface area (Å²) in [5.74, 6) is -5.34. The smallest absolute Gasteiger partial charge is 0.338 e. The molecule has 2 aromatic carbocycles. The van der Waals surface area contributed by atoms with Gasteiger partial charge in [-0.3, -0.25) is 14.4 Å². The van der Waals surface area contributed by atoms with Crippen LogP contribution in [-0.2, 0) is 42.8 Å². The maximum absolute atomic E-state index is 13.9. The molecule has 3 fully saturated rings. The summed E-state index contributed by atoms with van der Waals surface area (Å²) in [5.41, 5.74) is -4.61. The van der Waals surface area contributed by atoms with Crippen LogP contribution in [0.1, 0.15) is 68.7 Å². The predicted molar refractivity (Wildman–Crippen MR) is 163 cm³/mol. The third-order valence-electron chi connectivity index (χ3n) is 9.69. The second kappa shape index (κ2) is 12.7. The van der Waals surface area contributed by atoms with Gasteiger partial charge >= 0.3 is 29.8 Å². The fraction of sp³-hybridized carbons (Fsp3) is 0.514. The third kappa shape index (κ3) is 5.78. The van der Waals surface area contributed by atoms with Gasteiger partial charge in [-0.15, -0.1) is 0 Å². The summed E-state index contributed by atoms with van der Waals surface area (Å²) in [6.45, 7) is 8.14. The summed E-state index contributed by atoms with van der Waals surface area (Å²) in [7, 11) is 0. The standard InChI is InChI=1S/C35H40O12/c1-19-17-25(43-21(3)37)28(39)34(18-42-20(2)36)30(46-32(41)24-15-11-8-12-16-24)27(45-31(40)23-13-9-7-10-14-23)26-29(44-22(4)38)35(19,34)47-33(26,5)6/h7-16,19,25-30,39H,17-18H2,1-6H3/t19-,25+,26-,27-,28+,29-,30-,34+,35-/m1/s1. The molecule has 3 aliphatic rings. The van der Waals surface area contributed by atoms with E-state index in [1.54, 1.807) is 69.3 Å². The van der Waals surface area contributed by atoms with Crippen molar-refractivity contribution < 1.29 is 57.5 Å². The van der Waals surface area contributed by atoms with E-state index in [1.807, 2.05) is 0 Å². The van der Waals surface area contributed by atoms with Gasteiger partial charge in [0.25, 0.3) is 0 Å². The quantitative estimate of drug-likeness (QED) is 0.327. The van der Waals surface area contributed by atoms with Crippen molar-refractivity contribution in [3.8, 4) is 0 Å². The highest BCUT2D eigenvalue weighted by molar-refractivity contribution is 5.90. The molecule has 1 saturated heterocycles. The second-order valence-electron chi connectivity index (χ2n) is 13.0. The molecular formula is C35H40O12. The minimum Gasteiger partial charge on any atom is -0.465 e. The fourth-order valence-corrected chi connectivity index (χ4v) is 8.05. The van der Waals surface area contributed by atoms with Crippen LogP contribution in [-0.4, -0.2) is 83.3 Å². The molecule has 2 aliphatic carbocycles. The summed E-state index contributed by atoms with van der Waals surface area (Å²) in [5, 5.41) is 12.4. The molecule has 12 nitrogen and oxygen atoms in total. The number of fused-ring (bicyclic) bond motifs is 1. The van der Waals surface area contributed by atoms with E-state index in [4.69, 9.17) is 28.4 Å². The van der Waals surface area contributed by atoms with Crippen molar-refractivity contribution in [2.45, 2.75) is 89.7 Å². The first-order chi connectivity index (χ1) is 22.2. The lowest BCUT2D eigenvalue weighted by Gasteiger charge is -2.64. The van der Waals surface area contributed by atoms with Crippen LogP contribution in [0.25, 0.3) is 0 Å². The molecule has 0 amide bonds. The Kier molecular flexibility index (Phi) is 9.22. The maximum atomic E-state index is 13.9. The van der Waals surface area contributed by atoms with Crippen LogP contribution in [0.4, 0.5) is 0 Å². The zero-order chi connectivity index (χ0) is 34.3. The number of hydrogen-bond acceptors (Lipinski definition) is 12. The zero-order valence-corrected chi connectivity index (χ0v) is 27.2. The number of aliphatic hydroxyl groups excluding tert-OH is 1. The number of hydrogen-bond donors (Lipinski definition) is 1. The third-order valence-corrected chi connectivity index (χ3v) is 9.69. The van der Waals surface area contributed by atoms with Crippen LogP contribution >= 0.6 is 0 Å². The minimum atomic E-state index is -2.01. The Balaban J connectivity index is 1.81. The van der Waals surface area contributed by atoms with Gasteiger partial charge in [0.2, 0.25) is 0 Å². The lowest BCUT2D eigenvalue weighted by molar-refractivity contribution is -0.327. The summed E-state index contributed by atoms with van der Waals surface area (Å²) in [6.07, 6.45) is -7.09. The monoisotopic (exact) mass is 652 g/mol. The number of benzene rings is 2. The average Bonchev–Trinajstić information content (AvgIpc) is 3.20. The molecule has 5 rings (SSSR count). The minimum absolute atomic E-state index is 0.0525. The lowest BCUT2D eigenvalue weighted by Crippen LogP contribution is -2.81. The molecule has 2 bridgehead atoms. The van der Waals surface area contributed by atoms with Gasteiger partial charge in [0.05, 0.1) is 22.6 Å². The molecule has 47 heavy (non-hydrogen) atoms. The highest BCUT2D eigenvalue weighted by Gasteiger charge is 2.85. The molecular weight excluding hydrogens is 612 g/mol. The Morgan fingerprint density at radius 3 is 1.81 bits per heavy atom. The maximum Gasteiger partial charge on any atom is 0.338 e. The molecule has 252 valence electrons. The average molecular weight is 653 g/mol. The van der Waals surface area contributed by atoms with Crippen LogP contribution in [0.5, 0.6) is 0 Å². The van der Waals surface area contributed by atoms with Crippen molar-refractivity contribution in [1.82, 2.24) is 0 Å². The van der Waals surface area contributed by atoms with Crippen molar-refractivity contribution >= 4 is 29.8 Å². The van der Waals surface area contributed by atoms with E-state index in [2.05, 4.69) is 0 Å². The second-order valence-corrected chi connectivity index (χ2v) is 13.0. The first-order valence-corrected chi connectivity index (χ1v) is 15.5. The van der Waals surface area contributed by atoms with E-state index < -0.39 is 95.4 Å². The van der Waals surface area contributed by atoms with Gasteiger partial charge < -0.3 is 33.5 Å². The highest BCUT2D eigenvalue weighted by atomic mass is 16.6. The Labute approximate surface area is 272 Å². The van der Waals surface area contributed by atoms with E-state index in [0.29, 0.717) is 0 Å². The van der Waals surface area contributed by atoms with E-state index in [9.17, 15) is 29.1 Å². The first-order valence-electron chi connectivity index (χ1n) is 15.5. The first kappa shape index (κ1) is 34.1. The van der Waals surface area contributed by atoms with E-state index in [1.165, 1.54) is 26.0 Å². The Bertz CT molecular complexity index is 1520. The topological polar surface area (TPSA) is 161 Å². The number of aliphatic hydroxyl groups is 1. The van der Waals surface area contributed by atoms with E-state index >= 15 is 0 Å². The molecule has 2 saturated carbocycles. The number of rotatable bonds is 8. The summed E-state index contributed by atoms with van der Waals surface area (Å²) in [4.78, 5) is 65.3. The van der Waals surface area contributed by atoms with Gasteiger partial charge in [0, 0.05) is 20.8 Å². The van der Waals surface area contributed by atoms with Gasteiger partial charge in [-0.1, -0.05) is 43.3 Å². The van der Waals surface area contributed by atoms with Crippen LogP contribution in [0.15, 0.2) is 60.7 Å². The Morgan fingerprint density at radius 2 is 1.30 bits per heavy atom. The number of carbonyl (C=O) groups is 5. The van der Waals surface area contributed by atoms with Crippen molar-refractivity contribution in [3.05, 3.63) is 71.8 Å². The summed E-state index contributed by atoms with van der Waals surface area (Å²) >= 11 is 0. The van der Waals surface area contributed by atoms with Crippen molar-refractivity contribution in [2.75, 3.05) is 6.61 Å². The van der Waals surface area contributed by atoms with Gasteiger partial charge in [-0.2, -0.15) is 0 Å². The predicted octanol–water partition coefficient (Wildman–Crippen LogP) is 3.43. The summed E-state index contributed by atoms with van der Waals surface area (Å²) in [6, 6.07) is 16.2. The Hall–Kier alpha value is -4.29. The largest absolute Gasteiger partial charge is 0.465 e. The van der Waals surface area contributed by atoms with E-state index in [-0.39, 0.29) is 17.5 Å². The molecule has 1 aliphatic heterocycles. The zero-order valence-electron chi connectivity index (χ0n) is 27.2. The molecule has 1 spiro atoms. The Morgan fingerprint density at radius 1 is 0.766 bits per heavy atom. The van der Waals surface area contributed by atoms with Crippen LogP contribution in [0.3, 0.4) is 0 Å². The normalized spacial score (nSPS) is 33.5. The lowest BCUT2D eigenvalue weighted by atomic mass is 9.47. The SMILES string of the molecule is CC(=O)OC[C@]12[C@H](OC(=O)c3ccccc3)[C@H](OC(=O)c3ccccc3)[C@@H]3[C@@H](OC(C)=O)[C@]1(OC3(C)C)[C@H](C)C[C@H](OC(C)=O)[C@@H]2O. The van der Waals surface area contributed by atoms with Gasteiger partial charge in [0.15, 0.2) is 6.10 Å². The highest BCUT2D eigenvalue weighted by Crippen LogP contribution is 2.68. The molecule has 9 atom stereocenters. The summed E-state index contributed by atoms with van der Waals surface area (Å²) < 4.78 is 36.8. The fourth-order valence-electron chi connectivity index (χ4n) is 8.05. The molecule has 2 aromatic rings. The van der Waals surface area contributed by atoms with Gasteiger partial charge in [-0.05, 0) is 50.5 Å². The van der Waals surface area contributed by atoms with Gasteiger partial charge in [-0.25, -0.2) is 9.59 Å². The van der Waals surface area contributed by atoms with Crippen molar-refractivity contribution in [2.24, 2.45) is 17.3 Å². The van der Waals surface area contributed by atoms with E-state index in [0.717, 1.165) is 6.92 Å². The van der Waals surface area contributed by atoms with Crippen LogP contribution in [0, 0.1) is 17.3 Å². The van der Waals surface area contributed by atoms with Crippen molar-refractivity contribution in [3.63, 3.8) is 0 Å².